The summed E-state index contributed by atoms with van der Waals surface area (Å²) in [4.78, 5) is 12.4. The second-order valence-corrected chi connectivity index (χ2v) is 5.04. The number of nitrogen functional groups attached to an aromatic ring is 1. The van der Waals surface area contributed by atoms with Gasteiger partial charge in [0.1, 0.15) is 0 Å². The average Bonchev–Trinajstić information content (AvgIpc) is 2.25. The van der Waals surface area contributed by atoms with Gasteiger partial charge in [0.05, 0.1) is 5.75 Å². The molecule has 0 atom stereocenters. The number of amides is 1. The second kappa shape index (κ2) is 6.43. The van der Waals surface area contributed by atoms with Crippen LogP contribution in [0.4, 0.5) is 5.69 Å². The Morgan fingerprint density at radius 1 is 1.44 bits per heavy atom. The van der Waals surface area contributed by atoms with Crippen LogP contribution in [0.15, 0.2) is 29.2 Å². The average molecular weight is 238 g/mol. The van der Waals surface area contributed by atoms with Crippen LogP contribution in [-0.4, -0.2) is 18.2 Å². The first kappa shape index (κ1) is 12.9. The van der Waals surface area contributed by atoms with Crippen molar-refractivity contribution < 1.29 is 4.79 Å². The van der Waals surface area contributed by atoms with Crippen LogP contribution in [0.2, 0.25) is 0 Å². The van der Waals surface area contributed by atoms with Crippen LogP contribution in [0.5, 0.6) is 0 Å². The SMILES string of the molecule is CC(C)CNC(=O)CSc1ccccc1N. The summed E-state index contributed by atoms with van der Waals surface area (Å²) in [6.07, 6.45) is 0. The zero-order valence-electron chi connectivity index (χ0n) is 9.69. The zero-order valence-corrected chi connectivity index (χ0v) is 10.5. The first-order valence-electron chi connectivity index (χ1n) is 5.33. The molecule has 1 aromatic rings. The van der Waals surface area contributed by atoms with Crippen LogP contribution < -0.4 is 11.1 Å². The Balaban J connectivity index is 2.35. The molecule has 4 heteroatoms. The van der Waals surface area contributed by atoms with E-state index in [0.717, 1.165) is 17.1 Å². The van der Waals surface area contributed by atoms with Crippen LogP contribution in [-0.2, 0) is 4.79 Å². The summed E-state index contributed by atoms with van der Waals surface area (Å²) >= 11 is 1.47. The van der Waals surface area contributed by atoms with Gasteiger partial charge in [-0.25, -0.2) is 0 Å². The number of nitrogens with two attached hydrogens (primary N) is 1. The molecule has 0 aliphatic carbocycles. The smallest absolute Gasteiger partial charge is 0.230 e. The monoisotopic (exact) mass is 238 g/mol. The molecule has 0 aliphatic heterocycles. The molecule has 0 saturated carbocycles. The lowest BCUT2D eigenvalue weighted by Crippen LogP contribution is -2.28. The highest BCUT2D eigenvalue weighted by Crippen LogP contribution is 2.23. The van der Waals surface area contributed by atoms with Crippen molar-refractivity contribution in [3.05, 3.63) is 24.3 Å². The van der Waals surface area contributed by atoms with Gasteiger partial charge < -0.3 is 11.1 Å². The summed E-state index contributed by atoms with van der Waals surface area (Å²) in [7, 11) is 0. The van der Waals surface area contributed by atoms with Gasteiger partial charge in [-0.1, -0.05) is 26.0 Å². The van der Waals surface area contributed by atoms with E-state index in [2.05, 4.69) is 19.2 Å². The van der Waals surface area contributed by atoms with E-state index in [0.29, 0.717) is 11.7 Å². The molecule has 0 bridgehead atoms. The Hall–Kier alpha value is -1.16. The van der Waals surface area contributed by atoms with E-state index in [9.17, 15) is 4.79 Å². The van der Waals surface area contributed by atoms with Crippen molar-refractivity contribution in [3.8, 4) is 0 Å². The van der Waals surface area contributed by atoms with Crippen molar-refractivity contribution in [3.63, 3.8) is 0 Å². The third-order valence-corrected chi connectivity index (χ3v) is 3.07. The van der Waals surface area contributed by atoms with Gasteiger partial charge in [0.15, 0.2) is 0 Å². The summed E-state index contributed by atoms with van der Waals surface area (Å²) in [5.74, 6) is 0.957. The standard InChI is InChI=1S/C12H18N2OS/c1-9(2)7-14-12(15)8-16-11-6-4-3-5-10(11)13/h3-6,9H,7-8,13H2,1-2H3,(H,14,15). The fourth-order valence-corrected chi connectivity index (χ4v) is 1.92. The molecule has 0 aromatic heterocycles. The van der Waals surface area contributed by atoms with Gasteiger partial charge in [0.2, 0.25) is 5.91 Å². The minimum Gasteiger partial charge on any atom is -0.398 e. The Kier molecular flexibility index (Phi) is 5.19. The van der Waals surface area contributed by atoms with Crippen molar-refractivity contribution in [2.45, 2.75) is 18.7 Å². The molecule has 16 heavy (non-hydrogen) atoms. The molecule has 1 rings (SSSR count). The molecular formula is C12H18N2OS. The van der Waals surface area contributed by atoms with Crippen LogP contribution in [0.25, 0.3) is 0 Å². The Morgan fingerprint density at radius 3 is 2.75 bits per heavy atom. The van der Waals surface area contributed by atoms with Gasteiger partial charge in [-0.2, -0.15) is 0 Å². The molecule has 0 heterocycles. The molecule has 0 aliphatic rings. The van der Waals surface area contributed by atoms with Crippen molar-refractivity contribution >= 4 is 23.4 Å². The third-order valence-electron chi connectivity index (χ3n) is 1.99. The van der Waals surface area contributed by atoms with Gasteiger partial charge in [-0.15, -0.1) is 11.8 Å². The fraction of sp³-hybridized carbons (Fsp3) is 0.417. The number of anilines is 1. The van der Waals surface area contributed by atoms with Crippen LogP contribution >= 0.6 is 11.8 Å². The lowest BCUT2D eigenvalue weighted by atomic mass is 10.2. The van der Waals surface area contributed by atoms with Gasteiger partial charge in [0.25, 0.3) is 0 Å². The van der Waals surface area contributed by atoms with Crippen molar-refractivity contribution in [2.75, 3.05) is 18.0 Å². The lowest BCUT2D eigenvalue weighted by Gasteiger charge is -2.08. The molecule has 0 radical (unpaired) electrons. The van der Waals surface area contributed by atoms with Gasteiger partial charge >= 0.3 is 0 Å². The zero-order chi connectivity index (χ0) is 12.0. The molecule has 88 valence electrons. The molecule has 3 N–H and O–H groups in total. The van der Waals surface area contributed by atoms with Crippen molar-refractivity contribution in [2.24, 2.45) is 5.92 Å². The first-order chi connectivity index (χ1) is 7.59. The van der Waals surface area contributed by atoms with Gasteiger partial charge in [-0.3, -0.25) is 4.79 Å². The predicted molar refractivity (Wildman–Crippen MR) is 69.4 cm³/mol. The maximum atomic E-state index is 11.5. The first-order valence-corrected chi connectivity index (χ1v) is 6.32. The maximum Gasteiger partial charge on any atom is 0.230 e. The number of hydrogen-bond donors (Lipinski definition) is 2. The Morgan fingerprint density at radius 2 is 2.12 bits per heavy atom. The topological polar surface area (TPSA) is 55.1 Å². The van der Waals surface area contributed by atoms with Gasteiger partial charge in [-0.05, 0) is 18.1 Å². The van der Waals surface area contributed by atoms with Crippen LogP contribution in [0.3, 0.4) is 0 Å². The number of hydrogen-bond acceptors (Lipinski definition) is 3. The highest BCUT2D eigenvalue weighted by molar-refractivity contribution is 8.00. The summed E-state index contributed by atoms with van der Waals surface area (Å²) in [5.41, 5.74) is 6.50. The summed E-state index contributed by atoms with van der Waals surface area (Å²) in [6.45, 7) is 4.87. The number of nitrogens with one attached hydrogen (secondary N) is 1. The second-order valence-electron chi connectivity index (χ2n) is 4.02. The minimum atomic E-state index is 0.0574. The number of rotatable bonds is 5. The van der Waals surface area contributed by atoms with E-state index >= 15 is 0 Å². The molecule has 0 saturated heterocycles. The molecule has 3 nitrogen and oxygen atoms in total. The maximum absolute atomic E-state index is 11.5. The predicted octanol–water partition coefficient (Wildman–Crippen LogP) is 2.13. The van der Waals surface area contributed by atoms with Crippen LogP contribution in [0, 0.1) is 5.92 Å². The van der Waals surface area contributed by atoms with E-state index in [1.807, 2.05) is 24.3 Å². The lowest BCUT2D eigenvalue weighted by molar-refractivity contribution is -0.118. The number of benzene rings is 1. The summed E-state index contributed by atoms with van der Waals surface area (Å²) < 4.78 is 0. The number of carbonyl (C=O) groups excluding carboxylic acids is 1. The largest absolute Gasteiger partial charge is 0.398 e. The minimum absolute atomic E-state index is 0.0574. The summed E-state index contributed by atoms with van der Waals surface area (Å²) in [6, 6.07) is 7.58. The van der Waals surface area contributed by atoms with Crippen LogP contribution in [0.1, 0.15) is 13.8 Å². The molecule has 1 amide bonds. The number of thioether (sulfide) groups is 1. The van der Waals surface area contributed by atoms with E-state index in [-0.39, 0.29) is 5.91 Å². The normalized spacial score (nSPS) is 10.4. The van der Waals surface area contributed by atoms with E-state index in [4.69, 9.17) is 5.73 Å². The Labute approximate surface area is 101 Å². The number of carbonyl (C=O) groups is 1. The van der Waals surface area contributed by atoms with E-state index in [1.54, 1.807) is 0 Å². The van der Waals surface area contributed by atoms with E-state index < -0.39 is 0 Å². The molecule has 0 fully saturated rings. The van der Waals surface area contributed by atoms with Crippen molar-refractivity contribution in [1.29, 1.82) is 0 Å². The summed E-state index contributed by atoms with van der Waals surface area (Å²) in [5, 5.41) is 2.87. The molecule has 1 aromatic carbocycles. The highest BCUT2D eigenvalue weighted by atomic mass is 32.2. The van der Waals surface area contributed by atoms with E-state index in [1.165, 1.54) is 11.8 Å². The van der Waals surface area contributed by atoms with Crippen molar-refractivity contribution in [1.82, 2.24) is 5.32 Å². The quantitative estimate of drug-likeness (QED) is 0.610. The third kappa shape index (κ3) is 4.57. The fourth-order valence-electron chi connectivity index (χ4n) is 1.12. The van der Waals surface area contributed by atoms with Gasteiger partial charge in [0, 0.05) is 17.1 Å². The Bertz CT molecular complexity index is 353. The number of para-hydroxylation sites is 1. The highest BCUT2D eigenvalue weighted by Gasteiger charge is 2.04. The molecule has 0 unspecified atom stereocenters. The molecule has 0 spiro atoms. The molecular weight excluding hydrogens is 220 g/mol.